The zero-order valence-corrected chi connectivity index (χ0v) is 37.2. The summed E-state index contributed by atoms with van der Waals surface area (Å²) in [4.78, 5) is 74.3. The second-order valence-electron chi connectivity index (χ2n) is 20.8. The lowest BCUT2D eigenvalue weighted by atomic mass is 9.59. The number of hydrogen-bond donors (Lipinski definition) is 2. The maximum Gasteiger partial charge on any atom is 0.335 e. The molecule has 13 heteroatoms. The number of carbonyl (C=O) groups excluding carboxylic acids is 4. The molecule has 4 heterocycles. The van der Waals surface area contributed by atoms with E-state index >= 15 is 0 Å². The molecule has 3 aliphatic carbocycles. The van der Waals surface area contributed by atoms with Crippen molar-refractivity contribution in [3.05, 3.63) is 89.2 Å². The molecule has 6 fully saturated rings. The zero-order chi connectivity index (χ0) is 44.1. The van der Waals surface area contributed by atoms with Crippen LogP contribution in [-0.2, 0) is 25.7 Å². The monoisotopic (exact) mass is 860 g/mol. The second kappa shape index (κ2) is 17.2. The number of aromatic nitrogens is 2. The molecule has 4 amide bonds. The molecule has 0 unspecified atom stereocenters. The minimum Gasteiger partial charge on any atom is -0.478 e. The first-order valence-corrected chi connectivity index (χ1v) is 23.4. The predicted molar refractivity (Wildman–Crippen MR) is 236 cm³/mol. The van der Waals surface area contributed by atoms with Crippen molar-refractivity contribution in [2.24, 2.45) is 34.0 Å². The summed E-state index contributed by atoms with van der Waals surface area (Å²) in [5.41, 5.74) is 2.65. The first-order valence-electron chi connectivity index (χ1n) is 23.4. The van der Waals surface area contributed by atoms with Crippen LogP contribution >= 0.6 is 0 Å². The summed E-state index contributed by atoms with van der Waals surface area (Å²) < 4.78 is 8.32. The van der Waals surface area contributed by atoms with Gasteiger partial charge in [-0.1, -0.05) is 62.7 Å². The Morgan fingerprint density at radius 2 is 1.51 bits per heavy atom. The van der Waals surface area contributed by atoms with Crippen molar-refractivity contribution in [3.8, 4) is 0 Å². The Bertz CT molecular complexity index is 2180. The van der Waals surface area contributed by atoms with E-state index < -0.39 is 29.4 Å². The lowest BCUT2D eigenvalue weighted by Gasteiger charge is -2.50. The SMILES string of the molecule is C[C@@H](OCC1CCC2(CCC2)CC1)[C@H](NC(=O)[C@@H]1CN(C(=O)c2cnn(Cc3ccccc3)c2)CC12CN(C(=O)[C@H]1CC1(C)C)C2)C(=O)N1CCC(c2ccc(C(=O)O)cc2)CC1. The van der Waals surface area contributed by atoms with E-state index in [-0.39, 0.29) is 53.0 Å². The molecule has 0 radical (unpaired) electrons. The molecule has 13 nitrogen and oxygen atoms in total. The summed E-state index contributed by atoms with van der Waals surface area (Å²) in [6, 6.07) is 16.0. The third kappa shape index (κ3) is 8.91. The molecule has 2 N–H and O–H groups in total. The van der Waals surface area contributed by atoms with Crippen LogP contribution in [0.4, 0.5) is 0 Å². The molecule has 9 rings (SSSR count). The maximum atomic E-state index is 14.9. The molecule has 3 saturated carbocycles. The van der Waals surface area contributed by atoms with E-state index in [4.69, 9.17) is 4.74 Å². The second-order valence-corrected chi connectivity index (χ2v) is 20.8. The van der Waals surface area contributed by atoms with E-state index in [2.05, 4.69) is 24.3 Å². The van der Waals surface area contributed by atoms with Crippen molar-refractivity contribution in [3.63, 3.8) is 0 Å². The molecular weight excluding hydrogens is 797 g/mol. The van der Waals surface area contributed by atoms with Crippen LogP contribution in [0.15, 0.2) is 67.0 Å². The molecule has 6 aliphatic rings. The molecule has 1 aromatic heterocycles. The normalized spacial score (nSPS) is 24.7. The fourth-order valence-corrected chi connectivity index (χ4v) is 11.5. The Hall–Kier alpha value is -5.04. The van der Waals surface area contributed by atoms with Crippen LogP contribution in [0.5, 0.6) is 0 Å². The molecule has 3 aromatic rings. The van der Waals surface area contributed by atoms with Crippen molar-refractivity contribution >= 4 is 29.6 Å². The number of nitrogens with zero attached hydrogens (tertiary/aromatic N) is 5. The Morgan fingerprint density at radius 3 is 2.13 bits per heavy atom. The van der Waals surface area contributed by atoms with Gasteiger partial charge >= 0.3 is 5.97 Å². The molecule has 4 atom stereocenters. The Kier molecular flexibility index (Phi) is 11.8. The van der Waals surface area contributed by atoms with Gasteiger partial charge in [0.15, 0.2) is 0 Å². The van der Waals surface area contributed by atoms with Gasteiger partial charge in [-0.05, 0) is 111 Å². The van der Waals surface area contributed by atoms with Crippen molar-refractivity contribution in [2.75, 3.05) is 45.9 Å². The first-order chi connectivity index (χ1) is 30.2. The largest absolute Gasteiger partial charge is 0.478 e. The number of hydrogen-bond acceptors (Lipinski definition) is 7. The summed E-state index contributed by atoms with van der Waals surface area (Å²) in [7, 11) is 0. The van der Waals surface area contributed by atoms with Gasteiger partial charge in [0.05, 0.1) is 35.9 Å². The van der Waals surface area contributed by atoms with Crippen LogP contribution in [0.25, 0.3) is 0 Å². The highest BCUT2D eigenvalue weighted by atomic mass is 16.5. The van der Waals surface area contributed by atoms with Crippen LogP contribution in [0, 0.1) is 34.0 Å². The van der Waals surface area contributed by atoms with Gasteiger partial charge in [0.1, 0.15) is 6.04 Å². The third-order valence-electron chi connectivity index (χ3n) is 16.1. The fraction of sp³-hybridized carbons (Fsp3) is 0.600. The summed E-state index contributed by atoms with van der Waals surface area (Å²) >= 11 is 0. The summed E-state index contributed by atoms with van der Waals surface area (Å²) in [5, 5.41) is 17.1. The van der Waals surface area contributed by atoms with Gasteiger partial charge in [-0.3, -0.25) is 23.9 Å². The smallest absolute Gasteiger partial charge is 0.335 e. The summed E-state index contributed by atoms with van der Waals surface area (Å²) in [5.74, 6) is -1.62. The molecule has 63 heavy (non-hydrogen) atoms. The molecule has 336 valence electrons. The number of carbonyl (C=O) groups is 5. The number of rotatable bonds is 13. The van der Waals surface area contributed by atoms with Gasteiger partial charge in [0, 0.05) is 63.4 Å². The van der Waals surface area contributed by atoms with Crippen LogP contribution < -0.4 is 5.32 Å². The lowest BCUT2D eigenvalue weighted by molar-refractivity contribution is -0.153. The summed E-state index contributed by atoms with van der Waals surface area (Å²) in [6.45, 7) is 9.39. The minimum absolute atomic E-state index is 0.0339. The average Bonchev–Trinajstić information content (AvgIpc) is 3.54. The van der Waals surface area contributed by atoms with Gasteiger partial charge in [-0.15, -0.1) is 0 Å². The highest BCUT2D eigenvalue weighted by Gasteiger charge is 2.62. The molecule has 3 aliphatic heterocycles. The Balaban J connectivity index is 0.913. The lowest BCUT2D eigenvalue weighted by Crippen LogP contribution is -2.65. The predicted octanol–water partition coefficient (Wildman–Crippen LogP) is 6.23. The standard InChI is InChI=1S/C50H64N6O7/c1-33(63-29-35-14-20-49(21-15-35)18-7-19-49)42(46(60)53-22-16-37(17-23-53)36-10-12-38(13-11-36)47(61)62)52-43(57)41-28-54(30-50(41)31-55(32-50)45(59)40-24-48(40,2)3)44(58)39-25-51-56(27-39)26-34-8-5-4-6-9-34/h4-6,8-13,25,27,33,35,37,40-42H,7,14-24,26,28-32H2,1-3H3,(H,52,57)(H,61,62)/t33-,40-,41+,42+/m1/s1. The van der Waals surface area contributed by atoms with E-state index in [1.807, 2.05) is 59.2 Å². The average molecular weight is 861 g/mol. The quantitative estimate of drug-likeness (QED) is 0.205. The van der Waals surface area contributed by atoms with Gasteiger partial charge in [0.25, 0.3) is 5.91 Å². The van der Waals surface area contributed by atoms with Gasteiger partial charge < -0.3 is 29.9 Å². The highest BCUT2D eigenvalue weighted by molar-refractivity contribution is 5.96. The Morgan fingerprint density at radius 1 is 0.841 bits per heavy atom. The van der Waals surface area contributed by atoms with E-state index in [9.17, 15) is 29.1 Å². The highest BCUT2D eigenvalue weighted by Crippen LogP contribution is 2.55. The molecule has 2 aromatic carbocycles. The number of benzene rings is 2. The fourth-order valence-electron chi connectivity index (χ4n) is 11.5. The summed E-state index contributed by atoms with van der Waals surface area (Å²) in [6.07, 6.45) is 13.7. The van der Waals surface area contributed by atoms with Gasteiger partial charge in [-0.2, -0.15) is 5.10 Å². The number of carboxylic acid groups (broad SMARTS) is 1. The number of likely N-dealkylation sites (tertiary alicyclic amines) is 3. The third-order valence-corrected chi connectivity index (χ3v) is 16.1. The Labute approximate surface area is 370 Å². The van der Waals surface area contributed by atoms with E-state index in [0.29, 0.717) is 75.6 Å². The van der Waals surface area contributed by atoms with Crippen molar-refractivity contribution in [1.82, 2.24) is 29.8 Å². The van der Waals surface area contributed by atoms with Crippen LogP contribution in [0.2, 0.25) is 0 Å². The number of piperidine rings is 1. The van der Waals surface area contributed by atoms with Crippen molar-refractivity contribution in [2.45, 2.75) is 110 Å². The number of ether oxygens (including phenoxy) is 1. The molecule has 2 spiro atoms. The van der Waals surface area contributed by atoms with Crippen molar-refractivity contribution < 1.29 is 33.8 Å². The van der Waals surface area contributed by atoms with E-state index in [0.717, 1.165) is 30.4 Å². The van der Waals surface area contributed by atoms with Crippen LogP contribution in [-0.4, -0.2) is 117 Å². The number of nitrogens with one attached hydrogen (secondary N) is 1. The van der Waals surface area contributed by atoms with Crippen LogP contribution in [0.3, 0.4) is 0 Å². The maximum absolute atomic E-state index is 14.9. The topological polar surface area (TPSA) is 154 Å². The number of aromatic carboxylic acids is 1. The van der Waals surface area contributed by atoms with E-state index in [1.165, 1.54) is 32.1 Å². The molecule has 3 saturated heterocycles. The van der Waals surface area contributed by atoms with Crippen molar-refractivity contribution in [1.29, 1.82) is 0 Å². The van der Waals surface area contributed by atoms with Gasteiger partial charge in [-0.25, -0.2) is 4.79 Å². The molecular formula is C50H64N6O7. The first kappa shape index (κ1) is 43.2. The van der Waals surface area contributed by atoms with Crippen LogP contribution in [0.1, 0.15) is 123 Å². The number of carboxylic acids is 1. The van der Waals surface area contributed by atoms with Gasteiger partial charge in [0.2, 0.25) is 17.7 Å². The van der Waals surface area contributed by atoms with E-state index in [1.54, 1.807) is 34.1 Å². The zero-order valence-electron chi connectivity index (χ0n) is 37.2. The molecule has 0 bridgehead atoms. The number of amides is 4. The minimum atomic E-state index is -0.961.